The van der Waals surface area contributed by atoms with Crippen LogP contribution in [0.1, 0.15) is 41.5 Å². The summed E-state index contributed by atoms with van der Waals surface area (Å²) in [6.45, 7) is 1.96. The first-order chi connectivity index (χ1) is 15.0. The predicted octanol–water partition coefficient (Wildman–Crippen LogP) is 3.61. The van der Waals surface area contributed by atoms with Gasteiger partial charge in [0.15, 0.2) is 6.23 Å². The number of hydrogen-bond donors (Lipinski definition) is 0. The first-order valence-electron chi connectivity index (χ1n) is 9.56. The van der Waals surface area contributed by atoms with E-state index in [1.807, 2.05) is 0 Å². The molecule has 0 N–H and O–H groups in total. The highest BCUT2D eigenvalue weighted by Gasteiger charge is 2.49. The van der Waals surface area contributed by atoms with Crippen molar-refractivity contribution in [3.63, 3.8) is 0 Å². The highest BCUT2D eigenvalue weighted by molar-refractivity contribution is 7.88. The number of aryl methyl sites for hydroxylation is 1. The second kappa shape index (κ2) is 7.89. The minimum absolute atomic E-state index is 0.0264. The molecule has 9 nitrogen and oxygen atoms in total. The predicted molar refractivity (Wildman–Crippen MR) is 106 cm³/mol. The molecule has 3 aromatic rings. The number of aromatic nitrogens is 3. The lowest BCUT2D eigenvalue weighted by atomic mass is 10.1. The van der Waals surface area contributed by atoms with Crippen LogP contribution < -0.4 is 4.18 Å². The molecular formula is C19H18F3N3O6S. The van der Waals surface area contributed by atoms with Crippen molar-refractivity contribution in [1.29, 1.82) is 0 Å². The molecule has 2 aromatic heterocycles. The monoisotopic (exact) mass is 473 g/mol. The molecule has 1 aliphatic heterocycles. The van der Waals surface area contributed by atoms with Crippen molar-refractivity contribution >= 4 is 37.9 Å². The van der Waals surface area contributed by atoms with E-state index in [1.54, 1.807) is 0 Å². The van der Waals surface area contributed by atoms with E-state index >= 15 is 0 Å². The Labute approximate surface area is 180 Å². The Balaban J connectivity index is 2.03. The van der Waals surface area contributed by atoms with Gasteiger partial charge in [-0.3, -0.25) is 0 Å². The normalized spacial score (nSPS) is 17.6. The van der Waals surface area contributed by atoms with E-state index in [9.17, 15) is 26.4 Å². The van der Waals surface area contributed by atoms with E-state index in [-0.39, 0.29) is 27.7 Å². The summed E-state index contributed by atoms with van der Waals surface area (Å²) in [6.07, 6.45) is 1.75. The van der Waals surface area contributed by atoms with Crippen LogP contribution in [0.4, 0.5) is 13.2 Å². The van der Waals surface area contributed by atoms with Crippen molar-refractivity contribution in [3.8, 4) is 5.88 Å². The molecule has 4 rings (SSSR count). The third-order valence-corrected chi connectivity index (χ3v) is 6.04. The first-order valence-corrected chi connectivity index (χ1v) is 11.0. The standard InChI is InChI=1S/C19H18F3N3O6S/c1-10-15-16(25(24-10)14-5-3-4-8-30-14)12-9-11(18(26)29-2)6-7-13(12)23-17(15)31-32(27,28)19(20,21)22/h6-7,9,14H,3-5,8H2,1-2H3. The van der Waals surface area contributed by atoms with Crippen molar-refractivity contribution in [2.24, 2.45) is 0 Å². The maximum Gasteiger partial charge on any atom is 0.534 e. The molecule has 0 amide bonds. The molecule has 1 atom stereocenters. The van der Waals surface area contributed by atoms with E-state index in [1.165, 1.54) is 36.9 Å². The lowest BCUT2D eigenvalue weighted by Gasteiger charge is -2.24. The molecule has 1 saturated heterocycles. The summed E-state index contributed by atoms with van der Waals surface area (Å²) in [5, 5.41) is 4.72. The number of halogens is 3. The van der Waals surface area contributed by atoms with Crippen LogP contribution in [0.15, 0.2) is 18.2 Å². The van der Waals surface area contributed by atoms with Gasteiger partial charge in [0, 0.05) is 12.0 Å². The third-order valence-electron chi connectivity index (χ3n) is 5.09. The van der Waals surface area contributed by atoms with Crippen LogP contribution in [-0.4, -0.2) is 48.4 Å². The molecule has 0 radical (unpaired) electrons. The van der Waals surface area contributed by atoms with Crippen molar-refractivity contribution < 1.29 is 40.0 Å². The summed E-state index contributed by atoms with van der Waals surface area (Å²) in [5.41, 5.74) is -4.91. The Morgan fingerprint density at radius 1 is 1.28 bits per heavy atom. The van der Waals surface area contributed by atoms with Crippen LogP contribution in [0.5, 0.6) is 5.88 Å². The molecule has 1 fully saturated rings. The van der Waals surface area contributed by atoms with Gasteiger partial charge in [-0.1, -0.05) is 0 Å². The Morgan fingerprint density at radius 3 is 2.66 bits per heavy atom. The number of carbonyl (C=O) groups excluding carboxylic acids is 1. The summed E-state index contributed by atoms with van der Waals surface area (Å²) in [5.74, 6) is -1.38. The fraction of sp³-hybridized carbons (Fsp3) is 0.421. The largest absolute Gasteiger partial charge is 0.534 e. The third kappa shape index (κ3) is 3.75. The summed E-state index contributed by atoms with van der Waals surface area (Å²) in [7, 11) is -4.76. The molecule has 1 unspecified atom stereocenters. The lowest BCUT2D eigenvalue weighted by molar-refractivity contribution is -0.0500. The lowest BCUT2D eigenvalue weighted by Crippen LogP contribution is -2.28. The van der Waals surface area contributed by atoms with Crippen molar-refractivity contribution in [1.82, 2.24) is 14.8 Å². The fourth-order valence-corrected chi connectivity index (χ4v) is 4.05. The zero-order chi connectivity index (χ0) is 23.3. The SMILES string of the molecule is COC(=O)c1ccc2nc(OS(=O)(=O)C(F)(F)F)c3c(C)nn(C4CCCCO4)c3c2c1. The van der Waals surface area contributed by atoms with Gasteiger partial charge in [0.25, 0.3) is 0 Å². The molecule has 172 valence electrons. The van der Waals surface area contributed by atoms with Gasteiger partial charge in [0.1, 0.15) is 0 Å². The van der Waals surface area contributed by atoms with Crippen LogP contribution >= 0.6 is 0 Å². The number of fused-ring (bicyclic) bond motifs is 3. The number of esters is 1. The quantitative estimate of drug-likeness (QED) is 0.321. The van der Waals surface area contributed by atoms with Gasteiger partial charge < -0.3 is 13.7 Å². The summed E-state index contributed by atoms with van der Waals surface area (Å²) < 4.78 is 78.7. The topological polar surface area (TPSA) is 110 Å². The zero-order valence-corrected chi connectivity index (χ0v) is 17.8. The Bertz CT molecular complexity index is 1310. The number of methoxy groups -OCH3 is 1. The molecule has 32 heavy (non-hydrogen) atoms. The Hall–Kier alpha value is -2.93. The van der Waals surface area contributed by atoms with Crippen LogP contribution in [0, 0.1) is 6.92 Å². The molecule has 0 bridgehead atoms. The molecule has 13 heteroatoms. The maximum absolute atomic E-state index is 13.0. The molecule has 0 spiro atoms. The van der Waals surface area contributed by atoms with Gasteiger partial charge in [0.2, 0.25) is 5.88 Å². The van der Waals surface area contributed by atoms with Crippen molar-refractivity contribution in [2.45, 2.75) is 37.9 Å². The number of carbonyl (C=O) groups is 1. The molecule has 0 saturated carbocycles. The molecule has 3 heterocycles. The zero-order valence-electron chi connectivity index (χ0n) is 17.0. The number of rotatable bonds is 4. The number of ether oxygens (including phenoxy) is 2. The number of pyridine rings is 1. The molecule has 1 aromatic carbocycles. The van der Waals surface area contributed by atoms with Gasteiger partial charge >= 0.3 is 21.6 Å². The second-order valence-corrected chi connectivity index (χ2v) is 8.74. The minimum Gasteiger partial charge on any atom is -0.465 e. The highest BCUT2D eigenvalue weighted by Crippen LogP contribution is 2.38. The highest BCUT2D eigenvalue weighted by atomic mass is 32.2. The van der Waals surface area contributed by atoms with E-state index in [0.717, 1.165) is 12.8 Å². The summed E-state index contributed by atoms with van der Waals surface area (Å²) >= 11 is 0. The summed E-state index contributed by atoms with van der Waals surface area (Å²) in [6, 6.07) is 4.18. The Morgan fingerprint density at radius 2 is 2.03 bits per heavy atom. The van der Waals surface area contributed by atoms with Crippen LogP contribution in [-0.2, 0) is 19.6 Å². The first kappa shape index (κ1) is 22.3. The second-order valence-electron chi connectivity index (χ2n) is 7.20. The van der Waals surface area contributed by atoms with Crippen molar-refractivity contribution in [2.75, 3.05) is 13.7 Å². The molecule has 0 aliphatic carbocycles. The molecule has 1 aliphatic rings. The van der Waals surface area contributed by atoms with Gasteiger partial charge in [-0.15, -0.1) is 0 Å². The van der Waals surface area contributed by atoms with Gasteiger partial charge in [-0.25, -0.2) is 14.5 Å². The smallest absolute Gasteiger partial charge is 0.465 e. The molecular weight excluding hydrogens is 455 g/mol. The Kier molecular flexibility index (Phi) is 5.49. The number of alkyl halides is 3. The van der Waals surface area contributed by atoms with Gasteiger partial charge in [0.05, 0.1) is 34.8 Å². The van der Waals surface area contributed by atoms with Crippen LogP contribution in [0.3, 0.4) is 0 Å². The average Bonchev–Trinajstić information content (AvgIpc) is 3.10. The van der Waals surface area contributed by atoms with E-state index in [4.69, 9.17) is 9.47 Å². The summed E-state index contributed by atoms with van der Waals surface area (Å²) in [4.78, 5) is 16.0. The van der Waals surface area contributed by atoms with Crippen LogP contribution in [0.2, 0.25) is 0 Å². The van der Waals surface area contributed by atoms with E-state index in [0.29, 0.717) is 18.4 Å². The van der Waals surface area contributed by atoms with Crippen LogP contribution in [0.25, 0.3) is 21.8 Å². The van der Waals surface area contributed by atoms with E-state index in [2.05, 4.69) is 14.3 Å². The van der Waals surface area contributed by atoms with Gasteiger partial charge in [-0.05, 0) is 44.4 Å². The minimum atomic E-state index is -5.97. The maximum atomic E-state index is 13.0. The fourth-order valence-electron chi connectivity index (χ4n) is 3.63. The number of hydrogen-bond acceptors (Lipinski definition) is 8. The van der Waals surface area contributed by atoms with Crippen molar-refractivity contribution in [3.05, 3.63) is 29.5 Å². The average molecular weight is 473 g/mol. The number of benzene rings is 1. The van der Waals surface area contributed by atoms with Gasteiger partial charge in [-0.2, -0.15) is 26.7 Å². The van der Waals surface area contributed by atoms with E-state index < -0.39 is 33.7 Å². The number of nitrogens with zero attached hydrogens (tertiary/aromatic N) is 3.